The molecule has 1 unspecified atom stereocenters. The number of aromatic amines is 1. The Morgan fingerprint density at radius 3 is 2.81 bits per heavy atom. The maximum Gasteiger partial charge on any atom is 0.125 e. The zero-order valence-electron chi connectivity index (χ0n) is 9.36. The number of aromatic hydroxyl groups is 1. The number of aromatic nitrogens is 2. The lowest BCUT2D eigenvalue weighted by Crippen LogP contribution is -2.12. The highest BCUT2D eigenvalue weighted by atomic mass is 16.3. The van der Waals surface area contributed by atoms with Gasteiger partial charge >= 0.3 is 0 Å². The van der Waals surface area contributed by atoms with Gasteiger partial charge in [0.15, 0.2) is 0 Å². The summed E-state index contributed by atoms with van der Waals surface area (Å²) in [7, 11) is 1.89. The Bertz CT molecular complexity index is 479. The van der Waals surface area contributed by atoms with E-state index in [4.69, 9.17) is 0 Å². The fourth-order valence-corrected chi connectivity index (χ4v) is 1.54. The Labute approximate surface area is 94.3 Å². The Balaban J connectivity index is 2.35. The number of para-hydroxylation sites is 1. The molecule has 2 rings (SSSR count). The monoisotopic (exact) mass is 217 g/mol. The van der Waals surface area contributed by atoms with E-state index < -0.39 is 0 Å². The molecule has 0 bridgehead atoms. The maximum atomic E-state index is 9.70. The fraction of sp³-hybridized carbons (Fsp3) is 0.250. The Morgan fingerprint density at radius 1 is 1.38 bits per heavy atom. The molecule has 4 heteroatoms. The number of benzene rings is 1. The van der Waals surface area contributed by atoms with Crippen molar-refractivity contribution in [2.24, 2.45) is 0 Å². The van der Waals surface area contributed by atoms with Gasteiger partial charge in [0.05, 0.1) is 11.4 Å². The third-order valence-electron chi connectivity index (χ3n) is 2.68. The highest BCUT2D eigenvalue weighted by Crippen LogP contribution is 2.28. The number of phenolic OH excluding ortho intramolecular Hbond substituents is 1. The summed E-state index contributed by atoms with van der Waals surface area (Å²) in [6.45, 7) is 2.04. The van der Waals surface area contributed by atoms with Crippen LogP contribution in [0.3, 0.4) is 0 Å². The normalized spacial score (nSPS) is 12.6. The Kier molecular flexibility index (Phi) is 2.92. The van der Waals surface area contributed by atoms with Gasteiger partial charge in [0.1, 0.15) is 5.75 Å². The summed E-state index contributed by atoms with van der Waals surface area (Å²) >= 11 is 0. The van der Waals surface area contributed by atoms with Crippen LogP contribution < -0.4 is 5.32 Å². The van der Waals surface area contributed by atoms with Crippen LogP contribution in [0.2, 0.25) is 0 Å². The standard InChI is InChI=1S/C12H15N3O/c1-8(13-2)10-7-11(15-14-10)9-5-3-4-6-12(9)16/h3-8,13,16H,1-2H3,(H,14,15). The first kappa shape index (κ1) is 10.7. The second-order valence-electron chi connectivity index (χ2n) is 3.74. The molecule has 84 valence electrons. The van der Waals surface area contributed by atoms with Gasteiger partial charge in [-0.2, -0.15) is 5.10 Å². The van der Waals surface area contributed by atoms with Gasteiger partial charge in [-0.15, -0.1) is 0 Å². The van der Waals surface area contributed by atoms with Crippen LogP contribution in [0.4, 0.5) is 0 Å². The first-order valence-electron chi connectivity index (χ1n) is 5.23. The molecule has 1 heterocycles. The van der Waals surface area contributed by atoms with E-state index in [1.807, 2.05) is 32.2 Å². The van der Waals surface area contributed by atoms with E-state index >= 15 is 0 Å². The molecule has 0 aliphatic rings. The van der Waals surface area contributed by atoms with Crippen molar-refractivity contribution >= 4 is 0 Å². The van der Waals surface area contributed by atoms with Gasteiger partial charge < -0.3 is 10.4 Å². The van der Waals surface area contributed by atoms with E-state index in [0.717, 1.165) is 17.0 Å². The lowest BCUT2D eigenvalue weighted by molar-refractivity contribution is 0.477. The van der Waals surface area contributed by atoms with Gasteiger partial charge in [-0.1, -0.05) is 12.1 Å². The largest absolute Gasteiger partial charge is 0.507 e. The second-order valence-corrected chi connectivity index (χ2v) is 3.74. The molecule has 2 aromatic rings. The highest BCUT2D eigenvalue weighted by molar-refractivity contribution is 5.66. The molecule has 4 nitrogen and oxygen atoms in total. The van der Waals surface area contributed by atoms with Crippen LogP contribution in [0.5, 0.6) is 5.75 Å². The van der Waals surface area contributed by atoms with E-state index in [0.29, 0.717) is 0 Å². The summed E-state index contributed by atoms with van der Waals surface area (Å²) in [4.78, 5) is 0. The quantitative estimate of drug-likeness (QED) is 0.737. The van der Waals surface area contributed by atoms with Gasteiger partial charge in [0, 0.05) is 11.6 Å². The maximum absolute atomic E-state index is 9.70. The molecule has 1 aromatic heterocycles. The van der Waals surface area contributed by atoms with Crippen molar-refractivity contribution in [3.8, 4) is 17.0 Å². The topological polar surface area (TPSA) is 60.9 Å². The smallest absolute Gasteiger partial charge is 0.125 e. The van der Waals surface area contributed by atoms with Gasteiger partial charge in [-0.3, -0.25) is 5.10 Å². The van der Waals surface area contributed by atoms with Crippen LogP contribution >= 0.6 is 0 Å². The summed E-state index contributed by atoms with van der Waals surface area (Å²) < 4.78 is 0. The first-order valence-corrected chi connectivity index (χ1v) is 5.23. The lowest BCUT2D eigenvalue weighted by Gasteiger charge is -2.05. The van der Waals surface area contributed by atoms with Crippen LogP contribution in [0, 0.1) is 0 Å². The third-order valence-corrected chi connectivity index (χ3v) is 2.68. The van der Waals surface area contributed by atoms with Gasteiger partial charge in [-0.05, 0) is 32.2 Å². The third kappa shape index (κ3) is 1.92. The van der Waals surface area contributed by atoms with E-state index in [1.54, 1.807) is 12.1 Å². The number of nitrogens with zero attached hydrogens (tertiary/aromatic N) is 1. The van der Waals surface area contributed by atoms with Gasteiger partial charge in [0.25, 0.3) is 0 Å². The molecule has 0 spiro atoms. The average Bonchev–Trinajstić information content (AvgIpc) is 2.78. The molecule has 0 fully saturated rings. The molecule has 0 radical (unpaired) electrons. The summed E-state index contributed by atoms with van der Waals surface area (Å²) in [5.41, 5.74) is 2.50. The van der Waals surface area contributed by atoms with Crippen molar-refractivity contribution in [2.45, 2.75) is 13.0 Å². The number of H-pyrrole nitrogens is 1. The minimum Gasteiger partial charge on any atom is -0.507 e. The van der Waals surface area contributed by atoms with E-state index in [2.05, 4.69) is 15.5 Å². The molecular formula is C12H15N3O. The van der Waals surface area contributed by atoms with E-state index in [-0.39, 0.29) is 11.8 Å². The SMILES string of the molecule is CNC(C)c1cc(-c2ccccc2O)n[nH]1. The summed E-state index contributed by atoms with van der Waals surface area (Å²) in [5.74, 6) is 0.248. The second kappa shape index (κ2) is 4.37. The fourth-order valence-electron chi connectivity index (χ4n) is 1.54. The number of hydrogen-bond acceptors (Lipinski definition) is 3. The van der Waals surface area contributed by atoms with Crippen LogP contribution in [0.15, 0.2) is 30.3 Å². The predicted octanol–water partition coefficient (Wildman–Crippen LogP) is 2.06. The average molecular weight is 217 g/mol. The Morgan fingerprint density at radius 2 is 2.12 bits per heavy atom. The first-order chi connectivity index (χ1) is 7.72. The van der Waals surface area contributed by atoms with Crippen molar-refractivity contribution in [1.29, 1.82) is 0 Å². The zero-order valence-corrected chi connectivity index (χ0v) is 9.36. The summed E-state index contributed by atoms with van der Waals surface area (Å²) in [5, 5.41) is 20.0. The van der Waals surface area contributed by atoms with Crippen molar-refractivity contribution in [3.05, 3.63) is 36.0 Å². The zero-order chi connectivity index (χ0) is 11.5. The minimum absolute atomic E-state index is 0.215. The van der Waals surface area contributed by atoms with Crippen LogP contribution in [0.1, 0.15) is 18.7 Å². The van der Waals surface area contributed by atoms with Crippen molar-refractivity contribution in [2.75, 3.05) is 7.05 Å². The number of rotatable bonds is 3. The summed E-state index contributed by atoms with van der Waals surface area (Å²) in [6, 6.07) is 9.33. The molecule has 0 aliphatic carbocycles. The van der Waals surface area contributed by atoms with Crippen LogP contribution in [-0.2, 0) is 0 Å². The molecule has 0 saturated heterocycles. The van der Waals surface area contributed by atoms with Crippen molar-refractivity contribution < 1.29 is 5.11 Å². The molecule has 0 amide bonds. The minimum atomic E-state index is 0.215. The number of hydrogen-bond donors (Lipinski definition) is 3. The van der Waals surface area contributed by atoms with E-state index in [9.17, 15) is 5.11 Å². The molecule has 3 N–H and O–H groups in total. The van der Waals surface area contributed by atoms with Gasteiger partial charge in [-0.25, -0.2) is 0 Å². The number of phenols is 1. The molecule has 16 heavy (non-hydrogen) atoms. The molecule has 1 atom stereocenters. The highest BCUT2D eigenvalue weighted by Gasteiger charge is 2.10. The van der Waals surface area contributed by atoms with E-state index in [1.165, 1.54) is 0 Å². The summed E-state index contributed by atoms with van der Waals surface area (Å²) in [6.07, 6.45) is 0. The molecule has 0 saturated carbocycles. The van der Waals surface area contributed by atoms with Gasteiger partial charge in [0.2, 0.25) is 0 Å². The predicted molar refractivity (Wildman–Crippen MR) is 63.2 cm³/mol. The molecule has 1 aromatic carbocycles. The molecular weight excluding hydrogens is 202 g/mol. The number of nitrogens with one attached hydrogen (secondary N) is 2. The Hall–Kier alpha value is -1.81. The molecule has 0 aliphatic heterocycles. The van der Waals surface area contributed by atoms with Crippen molar-refractivity contribution in [1.82, 2.24) is 15.5 Å². The van der Waals surface area contributed by atoms with Crippen molar-refractivity contribution in [3.63, 3.8) is 0 Å². The van der Waals surface area contributed by atoms with Crippen LogP contribution in [0.25, 0.3) is 11.3 Å². The van der Waals surface area contributed by atoms with Crippen LogP contribution in [-0.4, -0.2) is 22.4 Å². The lowest BCUT2D eigenvalue weighted by atomic mass is 10.1.